The number of nitrogens with one attached hydrogen (secondary N) is 2. The van der Waals surface area contributed by atoms with Crippen LogP contribution in [0.3, 0.4) is 0 Å². The van der Waals surface area contributed by atoms with Crippen molar-refractivity contribution in [3.63, 3.8) is 0 Å². The molecule has 21 heavy (non-hydrogen) atoms. The fourth-order valence-corrected chi connectivity index (χ4v) is 2.53. The molecule has 5 nitrogen and oxygen atoms in total. The first-order valence-corrected chi connectivity index (χ1v) is 7.95. The van der Waals surface area contributed by atoms with Gasteiger partial charge in [0, 0.05) is 23.2 Å². The second-order valence-corrected chi connectivity index (χ2v) is 6.14. The maximum absolute atomic E-state index is 9.82. The van der Waals surface area contributed by atoms with Crippen LogP contribution in [0.5, 0.6) is 5.75 Å². The summed E-state index contributed by atoms with van der Waals surface area (Å²) in [6, 6.07) is 5.19. The average molecular weight is 372 g/mol. The number of halogens is 1. The van der Waals surface area contributed by atoms with E-state index < -0.39 is 0 Å². The number of thiocarbonyl (C=S) groups is 1. The lowest BCUT2D eigenvalue weighted by molar-refractivity contribution is 0.114. The average Bonchev–Trinajstić information content (AvgIpc) is 2.98. The van der Waals surface area contributed by atoms with Crippen LogP contribution in [0.4, 0.5) is 0 Å². The smallest absolute Gasteiger partial charge is 0.187 e. The molecule has 0 amide bonds. The van der Waals surface area contributed by atoms with Crippen molar-refractivity contribution in [2.24, 2.45) is 5.10 Å². The van der Waals surface area contributed by atoms with Gasteiger partial charge in [-0.15, -0.1) is 0 Å². The third kappa shape index (κ3) is 4.94. The number of aromatic hydroxyl groups is 1. The highest BCUT2D eigenvalue weighted by molar-refractivity contribution is 9.10. The summed E-state index contributed by atoms with van der Waals surface area (Å²) in [4.78, 5) is 0. The van der Waals surface area contributed by atoms with E-state index in [-0.39, 0.29) is 11.9 Å². The third-order valence-electron chi connectivity index (χ3n) is 3.19. The Kier molecular flexibility index (Phi) is 5.96. The number of ether oxygens (including phenoxy) is 1. The zero-order valence-electron chi connectivity index (χ0n) is 11.7. The molecule has 0 spiro atoms. The molecule has 0 aromatic heterocycles. The Morgan fingerprint density at radius 2 is 2.38 bits per heavy atom. The van der Waals surface area contributed by atoms with Crippen molar-refractivity contribution in [1.82, 2.24) is 10.7 Å². The summed E-state index contributed by atoms with van der Waals surface area (Å²) >= 11 is 8.53. The van der Waals surface area contributed by atoms with Crippen molar-refractivity contribution in [3.05, 3.63) is 28.2 Å². The van der Waals surface area contributed by atoms with E-state index in [1.54, 1.807) is 25.1 Å². The Morgan fingerprint density at radius 3 is 3.10 bits per heavy atom. The van der Waals surface area contributed by atoms with Gasteiger partial charge < -0.3 is 15.2 Å². The van der Waals surface area contributed by atoms with Crippen molar-refractivity contribution >= 4 is 39.0 Å². The molecule has 7 heteroatoms. The SMILES string of the molecule is C/C(=N\NC(=S)NC[C@H]1CCCO1)c1cc(Br)ccc1O. The molecule has 1 atom stereocenters. The van der Waals surface area contributed by atoms with E-state index in [0.29, 0.717) is 22.9 Å². The Hall–Kier alpha value is -1.18. The Labute approximate surface area is 137 Å². The molecular weight excluding hydrogens is 354 g/mol. The first-order valence-electron chi connectivity index (χ1n) is 6.75. The van der Waals surface area contributed by atoms with Crippen molar-refractivity contribution in [2.75, 3.05) is 13.2 Å². The molecule has 0 aliphatic carbocycles. The predicted octanol–water partition coefficient (Wildman–Crippen LogP) is 2.52. The molecule has 1 aliphatic heterocycles. The standard InChI is InChI=1S/C14H18BrN3O2S/c1-9(12-7-10(15)4-5-13(12)19)17-18-14(21)16-8-11-3-2-6-20-11/h4-5,7,11,19H,2-3,6,8H2,1H3,(H2,16,18,21)/b17-9+/t11-/m1/s1. The van der Waals surface area contributed by atoms with E-state index in [1.807, 2.05) is 0 Å². The highest BCUT2D eigenvalue weighted by Gasteiger charge is 2.15. The van der Waals surface area contributed by atoms with E-state index in [4.69, 9.17) is 17.0 Å². The Bertz CT molecular complexity index is 545. The monoisotopic (exact) mass is 371 g/mol. The number of rotatable bonds is 4. The molecule has 0 saturated carbocycles. The quantitative estimate of drug-likeness (QED) is 0.431. The molecular formula is C14H18BrN3O2S. The van der Waals surface area contributed by atoms with E-state index >= 15 is 0 Å². The van der Waals surface area contributed by atoms with E-state index in [0.717, 1.165) is 23.9 Å². The van der Waals surface area contributed by atoms with Crippen LogP contribution < -0.4 is 10.7 Å². The number of phenols is 1. The van der Waals surface area contributed by atoms with Gasteiger partial charge in [0.2, 0.25) is 0 Å². The van der Waals surface area contributed by atoms with Crippen LogP contribution in [0.15, 0.2) is 27.8 Å². The van der Waals surface area contributed by atoms with Crippen LogP contribution in [0, 0.1) is 0 Å². The fraction of sp³-hybridized carbons (Fsp3) is 0.429. The van der Waals surface area contributed by atoms with Gasteiger partial charge in [-0.3, -0.25) is 5.43 Å². The zero-order chi connectivity index (χ0) is 15.2. The van der Waals surface area contributed by atoms with Crippen LogP contribution in [-0.4, -0.2) is 35.2 Å². The topological polar surface area (TPSA) is 65.9 Å². The van der Waals surface area contributed by atoms with Crippen molar-refractivity contribution in [2.45, 2.75) is 25.9 Å². The van der Waals surface area contributed by atoms with Crippen molar-refractivity contribution in [1.29, 1.82) is 0 Å². The molecule has 0 unspecified atom stereocenters. The van der Waals surface area contributed by atoms with Gasteiger partial charge in [0.05, 0.1) is 11.8 Å². The minimum atomic E-state index is 0.180. The largest absolute Gasteiger partial charge is 0.507 e. The fourth-order valence-electron chi connectivity index (χ4n) is 2.04. The third-order valence-corrected chi connectivity index (χ3v) is 3.92. The van der Waals surface area contributed by atoms with Crippen LogP contribution in [0.2, 0.25) is 0 Å². The Balaban J connectivity index is 1.87. The summed E-state index contributed by atoms with van der Waals surface area (Å²) in [7, 11) is 0. The lowest BCUT2D eigenvalue weighted by Gasteiger charge is -2.12. The van der Waals surface area contributed by atoms with Gasteiger partial charge in [0.15, 0.2) is 5.11 Å². The van der Waals surface area contributed by atoms with Crippen LogP contribution in [0.25, 0.3) is 0 Å². The van der Waals surface area contributed by atoms with Gasteiger partial charge in [0.25, 0.3) is 0 Å². The lowest BCUT2D eigenvalue weighted by Crippen LogP contribution is -2.37. The maximum atomic E-state index is 9.82. The summed E-state index contributed by atoms with van der Waals surface area (Å²) in [5.41, 5.74) is 4.08. The molecule has 3 N–H and O–H groups in total. The van der Waals surface area contributed by atoms with Gasteiger partial charge in [-0.05, 0) is 50.2 Å². The van der Waals surface area contributed by atoms with Gasteiger partial charge in [0.1, 0.15) is 5.75 Å². The summed E-state index contributed by atoms with van der Waals surface area (Å²) < 4.78 is 6.38. The minimum absolute atomic E-state index is 0.180. The highest BCUT2D eigenvalue weighted by atomic mass is 79.9. The zero-order valence-corrected chi connectivity index (χ0v) is 14.1. The van der Waals surface area contributed by atoms with E-state index in [2.05, 4.69) is 31.8 Å². The summed E-state index contributed by atoms with van der Waals surface area (Å²) in [5.74, 6) is 0.180. The second-order valence-electron chi connectivity index (χ2n) is 4.82. The van der Waals surface area contributed by atoms with Gasteiger partial charge >= 0.3 is 0 Å². The number of nitrogens with zero attached hydrogens (tertiary/aromatic N) is 1. The van der Waals surface area contributed by atoms with Gasteiger partial charge in [-0.25, -0.2) is 0 Å². The molecule has 0 radical (unpaired) electrons. The molecule has 1 fully saturated rings. The molecule has 1 heterocycles. The van der Waals surface area contributed by atoms with Crippen molar-refractivity contribution in [3.8, 4) is 5.75 Å². The Morgan fingerprint density at radius 1 is 1.57 bits per heavy atom. The van der Waals surface area contributed by atoms with Crippen LogP contribution in [0.1, 0.15) is 25.3 Å². The minimum Gasteiger partial charge on any atom is -0.507 e. The first-order chi connectivity index (χ1) is 10.1. The molecule has 1 aromatic carbocycles. The maximum Gasteiger partial charge on any atom is 0.187 e. The molecule has 2 rings (SSSR count). The molecule has 1 aromatic rings. The number of hydrazone groups is 1. The van der Waals surface area contributed by atoms with Crippen molar-refractivity contribution < 1.29 is 9.84 Å². The van der Waals surface area contributed by atoms with Gasteiger partial charge in [-0.2, -0.15) is 5.10 Å². The number of hydrogen-bond acceptors (Lipinski definition) is 4. The van der Waals surface area contributed by atoms with Crippen LogP contribution in [-0.2, 0) is 4.74 Å². The lowest BCUT2D eigenvalue weighted by atomic mass is 10.1. The molecule has 0 bridgehead atoms. The number of phenolic OH excluding ortho intramolecular Hbond substituents is 1. The number of hydrogen-bond donors (Lipinski definition) is 3. The van der Waals surface area contributed by atoms with Crippen LogP contribution >= 0.6 is 28.1 Å². The molecule has 114 valence electrons. The van der Waals surface area contributed by atoms with Gasteiger partial charge in [-0.1, -0.05) is 15.9 Å². The molecule has 1 saturated heterocycles. The second kappa shape index (κ2) is 7.72. The summed E-state index contributed by atoms with van der Waals surface area (Å²) in [6.45, 7) is 3.31. The first kappa shape index (κ1) is 16.2. The molecule has 1 aliphatic rings. The number of benzene rings is 1. The predicted molar refractivity (Wildman–Crippen MR) is 90.7 cm³/mol. The van der Waals surface area contributed by atoms with E-state index in [1.165, 1.54) is 0 Å². The highest BCUT2D eigenvalue weighted by Crippen LogP contribution is 2.22. The summed E-state index contributed by atoms with van der Waals surface area (Å²) in [5, 5.41) is 17.5. The normalized spacial score (nSPS) is 18.6. The summed E-state index contributed by atoms with van der Waals surface area (Å²) in [6.07, 6.45) is 2.39. The van der Waals surface area contributed by atoms with E-state index in [9.17, 15) is 5.11 Å².